The molecule has 0 spiro atoms. The number of ether oxygens (including phenoxy) is 3. The Hall–Kier alpha value is -2.64. The van der Waals surface area contributed by atoms with Crippen molar-refractivity contribution in [3.63, 3.8) is 0 Å². The Bertz CT molecular complexity index is 736. The lowest BCUT2D eigenvalue weighted by atomic mass is 9.95. The smallest absolute Gasteiger partial charge is 0.152 e. The summed E-state index contributed by atoms with van der Waals surface area (Å²) in [5.41, 5.74) is 0.0465. The highest BCUT2D eigenvalue weighted by atomic mass is 16.5. The van der Waals surface area contributed by atoms with Crippen LogP contribution in [0.15, 0.2) is 42.5 Å². The molecule has 0 aliphatic carbocycles. The minimum atomic E-state index is -1.35. The van der Waals surface area contributed by atoms with E-state index in [9.17, 15) is 5.11 Å². The Balaban J connectivity index is 2.34. The lowest BCUT2D eigenvalue weighted by Gasteiger charge is -2.21. The average Bonchev–Trinajstić information content (AvgIpc) is 2.60. The van der Waals surface area contributed by atoms with Crippen molar-refractivity contribution < 1.29 is 19.3 Å². The summed E-state index contributed by atoms with van der Waals surface area (Å²) in [6.45, 7) is 4.02. The minimum Gasteiger partial charge on any atom is -0.497 e. The maximum Gasteiger partial charge on any atom is 0.152 e. The van der Waals surface area contributed by atoms with Gasteiger partial charge in [0.05, 0.1) is 20.8 Å². The third kappa shape index (κ3) is 4.21. The molecule has 126 valence electrons. The van der Waals surface area contributed by atoms with Crippen molar-refractivity contribution in [3.8, 4) is 29.1 Å². The van der Waals surface area contributed by atoms with Crippen LogP contribution in [0.1, 0.15) is 25.0 Å². The van der Waals surface area contributed by atoms with E-state index in [4.69, 9.17) is 14.2 Å². The van der Waals surface area contributed by atoms with E-state index >= 15 is 0 Å². The van der Waals surface area contributed by atoms with Gasteiger partial charge in [-0.05, 0) is 50.2 Å². The molecule has 0 aliphatic heterocycles. The Morgan fingerprint density at radius 1 is 1.00 bits per heavy atom. The van der Waals surface area contributed by atoms with E-state index in [0.717, 1.165) is 11.3 Å². The summed E-state index contributed by atoms with van der Waals surface area (Å²) in [5.74, 6) is 7.89. The third-order valence-corrected chi connectivity index (χ3v) is 3.55. The number of aliphatic hydroxyl groups is 1. The summed E-state index contributed by atoms with van der Waals surface area (Å²) in [5, 5.41) is 10.8. The molecule has 0 fully saturated rings. The quantitative estimate of drug-likeness (QED) is 0.856. The fourth-order valence-corrected chi connectivity index (χ4v) is 2.24. The molecule has 2 aromatic rings. The molecular weight excluding hydrogens is 304 g/mol. The zero-order chi connectivity index (χ0) is 17.6. The number of hydrogen-bond acceptors (Lipinski definition) is 4. The zero-order valence-electron chi connectivity index (χ0n) is 14.4. The van der Waals surface area contributed by atoms with Crippen LogP contribution in [-0.4, -0.2) is 25.9 Å². The molecule has 2 rings (SSSR count). The average molecular weight is 326 g/mol. The molecule has 0 aliphatic rings. The largest absolute Gasteiger partial charge is 0.497 e. The minimum absolute atomic E-state index is 0.488. The topological polar surface area (TPSA) is 47.9 Å². The Labute approximate surface area is 143 Å². The molecule has 24 heavy (non-hydrogen) atoms. The van der Waals surface area contributed by atoms with Crippen LogP contribution in [0.3, 0.4) is 0 Å². The summed E-state index contributed by atoms with van der Waals surface area (Å²) >= 11 is 0. The van der Waals surface area contributed by atoms with Crippen LogP contribution in [0.25, 0.3) is 0 Å². The molecule has 0 radical (unpaired) electrons. The maximum absolute atomic E-state index is 10.8. The molecule has 0 heterocycles. The predicted octanol–water partition coefficient (Wildman–Crippen LogP) is 3.36. The molecule has 1 unspecified atom stereocenters. The molecule has 1 atom stereocenters. The van der Waals surface area contributed by atoms with Gasteiger partial charge in [-0.25, -0.2) is 0 Å². The molecule has 4 nitrogen and oxygen atoms in total. The Morgan fingerprint density at radius 2 is 1.62 bits per heavy atom. The second-order valence-corrected chi connectivity index (χ2v) is 5.35. The van der Waals surface area contributed by atoms with Crippen LogP contribution in [0, 0.1) is 11.8 Å². The summed E-state index contributed by atoms with van der Waals surface area (Å²) in [6.07, 6.45) is 0. The van der Waals surface area contributed by atoms with Crippen LogP contribution in [0.5, 0.6) is 17.2 Å². The van der Waals surface area contributed by atoms with Crippen molar-refractivity contribution in [2.24, 2.45) is 0 Å². The summed E-state index contributed by atoms with van der Waals surface area (Å²) in [4.78, 5) is 0. The summed E-state index contributed by atoms with van der Waals surface area (Å²) in [7, 11) is 3.21. The lowest BCUT2D eigenvalue weighted by Crippen LogP contribution is -2.20. The first kappa shape index (κ1) is 17.7. The van der Waals surface area contributed by atoms with E-state index in [2.05, 4.69) is 11.8 Å². The molecule has 4 heteroatoms. The highest BCUT2D eigenvalue weighted by Gasteiger charge is 2.25. The first-order valence-corrected chi connectivity index (χ1v) is 7.71. The van der Waals surface area contributed by atoms with Crippen LogP contribution in [0.4, 0.5) is 0 Å². The fourth-order valence-electron chi connectivity index (χ4n) is 2.24. The van der Waals surface area contributed by atoms with Gasteiger partial charge >= 0.3 is 0 Å². The fraction of sp³-hybridized carbons (Fsp3) is 0.300. The molecule has 2 aromatic carbocycles. The van der Waals surface area contributed by atoms with E-state index in [0.29, 0.717) is 23.7 Å². The first-order chi connectivity index (χ1) is 11.5. The molecule has 1 N–H and O–H groups in total. The molecular formula is C20H22O4. The van der Waals surface area contributed by atoms with Gasteiger partial charge in [-0.3, -0.25) is 0 Å². The molecule has 0 aromatic heterocycles. The van der Waals surface area contributed by atoms with Gasteiger partial charge in [0.2, 0.25) is 0 Å². The van der Waals surface area contributed by atoms with Gasteiger partial charge in [0.15, 0.2) is 5.60 Å². The normalized spacial score (nSPS) is 12.5. The van der Waals surface area contributed by atoms with Gasteiger partial charge in [-0.1, -0.05) is 11.8 Å². The number of rotatable bonds is 5. The second kappa shape index (κ2) is 7.76. The van der Waals surface area contributed by atoms with Crippen molar-refractivity contribution in [2.75, 3.05) is 20.8 Å². The van der Waals surface area contributed by atoms with Gasteiger partial charge < -0.3 is 19.3 Å². The summed E-state index contributed by atoms with van der Waals surface area (Å²) in [6, 6.07) is 12.7. The standard InChI is InChI=1S/C20H22O4/c1-5-24-19-14-17(23-4)10-11-18(19)20(2,21)13-12-15-6-8-16(22-3)9-7-15/h6-11,14,21H,5H2,1-4H3. The molecule has 0 saturated heterocycles. The van der Waals surface area contributed by atoms with Gasteiger partial charge in [0.25, 0.3) is 0 Å². The maximum atomic E-state index is 10.8. The van der Waals surface area contributed by atoms with Gasteiger partial charge in [0.1, 0.15) is 17.2 Å². The van der Waals surface area contributed by atoms with Crippen LogP contribution >= 0.6 is 0 Å². The Kier molecular flexibility index (Phi) is 5.73. The van der Waals surface area contributed by atoms with Crippen LogP contribution in [0.2, 0.25) is 0 Å². The van der Waals surface area contributed by atoms with E-state index in [-0.39, 0.29) is 0 Å². The highest BCUT2D eigenvalue weighted by Crippen LogP contribution is 2.33. The Morgan fingerprint density at radius 3 is 2.21 bits per heavy atom. The summed E-state index contributed by atoms with van der Waals surface area (Å²) < 4.78 is 16.0. The van der Waals surface area contributed by atoms with Crippen LogP contribution in [-0.2, 0) is 5.60 Å². The third-order valence-electron chi connectivity index (χ3n) is 3.55. The van der Waals surface area contributed by atoms with Crippen molar-refractivity contribution in [3.05, 3.63) is 53.6 Å². The monoisotopic (exact) mass is 326 g/mol. The van der Waals surface area contributed by atoms with Crippen molar-refractivity contribution in [2.45, 2.75) is 19.4 Å². The van der Waals surface area contributed by atoms with Crippen molar-refractivity contribution >= 4 is 0 Å². The van der Waals surface area contributed by atoms with Gasteiger partial charge in [-0.15, -0.1) is 0 Å². The van der Waals surface area contributed by atoms with E-state index in [1.165, 1.54) is 0 Å². The molecule has 0 bridgehead atoms. The van der Waals surface area contributed by atoms with Gasteiger partial charge in [0, 0.05) is 17.2 Å². The lowest BCUT2D eigenvalue weighted by molar-refractivity contribution is 0.117. The molecule has 0 amide bonds. The molecule has 0 saturated carbocycles. The van der Waals surface area contributed by atoms with Crippen molar-refractivity contribution in [1.29, 1.82) is 0 Å². The first-order valence-electron chi connectivity index (χ1n) is 7.71. The van der Waals surface area contributed by atoms with E-state index in [1.807, 2.05) is 31.2 Å². The number of benzene rings is 2. The highest BCUT2D eigenvalue weighted by molar-refractivity contribution is 5.48. The van der Waals surface area contributed by atoms with E-state index < -0.39 is 5.60 Å². The van der Waals surface area contributed by atoms with Crippen LogP contribution < -0.4 is 14.2 Å². The SMILES string of the molecule is CCOc1cc(OC)ccc1C(C)(O)C#Cc1ccc(OC)cc1. The number of hydrogen-bond donors (Lipinski definition) is 1. The predicted molar refractivity (Wildman–Crippen MR) is 93.6 cm³/mol. The van der Waals surface area contributed by atoms with Gasteiger partial charge in [-0.2, -0.15) is 0 Å². The number of methoxy groups -OCH3 is 2. The van der Waals surface area contributed by atoms with E-state index in [1.54, 1.807) is 39.3 Å². The van der Waals surface area contributed by atoms with Crippen molar-refractivity contribution in [1.82, 2.24) is 0 Å². The zero-order valence-corrected chi connectivity index (χ0v) is 14.4. The second-order valence-electron chi connectivity index (χ2n) is 5.35.